The quantitative estimate of drug-likeness (QED) is 0.0954. The van der Waals surface area contributed by atoms with Crippen molar-refractivity contribution in [2.75, 3.05) is 50.7 Å². The van der Waals surface area contributed by atoms with Crippen LogP contribution in [-0.4, -0.2) is 76.3 Å². The summed E-state index contributed by atoms with van der Waals surface area (Å²) in [6.45, 7) is 57.5. The molecule has 11 heteroatoms. The highest BCUT2D eigenvalue weighted by Crippen LogP contribution is 2.62. The highest BCUT2D eigenvalue weighted by molar-refractivity contribution is 14.1. The number of rotatable bonds is 11. The SMILES string of the molecule is C1=CN(C23CC4CC(CC(C4)C2)C3)CN1C12CC3CC(CC(C3)C1)C2.CC(C)(C)N1C=CN(C(C)(C)C)C1.CC(C)c1cccc(C(C)C)c1N1C=CN(c2c(C(C)C)cccc2C(C)C)C1.CCCI.Cc1cc(C)c(I)c(C)c1.Cc1cc(C)c(N2C=CN(c3c(C)cc(C)cc3C)C2)c(C)c1.IC12CC3CC(CC(C3)C1)C2. The smallest absolute Gasteiger partial charge is 0.0989 e. The zero-order valence-electron chi connectivity index (χ0n) is 76.2. The third-order valence-corrected chi connectivity index (χ3v) is 32.8. The first kappa shape index (κ1) is 89.9. The highest BCUT2D eigenvalue weighted by atomic mass is 127. The van der Waals surface area contributed by atoms with E-state index in [1.165, 1.54) is 155 Å². The van der Waals surface area contributed by atoms with Gasteiger partial charge in [-0.15, -0.1) is 0 Å². The van der Waals surface area contributed by atoms with Crippen LogP contribution in [0.5, 0.6) is 0 Å². The number of aryl methyl sites for hydroxylation is 9. The predicted octanol–water partition coefficient (Wildman–Crippen LogP) is 29.3. The minimum atomic E-state index is 0.233. The largest absolute Gasteiger partial charge is 0.354 e. The second-order valence-electron chi connectivity index (χ2n) is 42.3. The number of para-hydroxylation sites is 2. The summed E-state index contributed by atoms with van der Waals surface area (Å²) in [4.78, 5) is 20.0. The second kappa shape index (κ2) is 37.2. The molecule has 16 aliphatic rings. The van der Waals surface area contributed by atoms with E-state index < -0.39 is 0 Å². The summed E-state index contributed by atoms with van der Waals surface area (Å²) in [5, 5.41) is 0. The van der Waals surface area contributed by atoms with Crippen LogP contribution in [0.25, 0.3) is 0 Å². The Kier molecular flexibility index (Phi) is 29.0. The fourth-order valence-corrected chi connectivity index (χ4v) is 26.9. The number of hydrogen-bond donors (Lipinski definition) is 0. The molecular weight excluding hydrogens is 1740 g/mol. The molecule has 0 spiro atoms. The van der Waals surface area contributed by atoms with Crippen LogP contribution in [0.3, 0.4) is 0 Å². The van der Waals surface area contributed by atoms with E-state index in [-0.39, 0.29) is 11.1 Å². The van der Waals surface area contributed by atoms with Gasteiger partial charge in [0.1, 0.15) is 0 Å². The van der Waals surface area contributed by atoms with Crippen LogP contribution in [-0.2, 0) is 0 Å². The highest BCUT2D eigenvalue weighted by Gasteiger charge is 2.58. The molecule has 4 aliphatic heterocycles. The fraction of sp³-hybridized carbons (Fsp3) is 0.635. The van der Waals surface area contributed by atoms with E-state index in [9.17, 15) is 0 Å². The normalized spacial score (nSPS) is 28.0. The van der Waals surface area contributed by atoms with E-state index in [4.69, 9.17) is 0 Å². The second-order valence-corrected chi connectivity index (χ2v) is 46.7. The van der Waals surface area contributed by atoms with E-state index in [0.29, 0.717) is 34.7 Å². The van der Waals surface area contributed by atoms with Gasteiger partial charge in [-0.3, -0.25) is 0 Å². The summed E-state index contributed by atoms with van der Waals surface area (Å²) in [6.07, 6.45) is 47.6. The number of anilines is 4. The van der Waals surface area contributed by atoms with Crippen LogP contribution in [0.4, 0.5) is 22.7 Å². The van der Waals surface area contributed by atoms with Crippen molar-refractivity contribution in [2.24, 2.45) is 53.3 Å². The maximum absolute atomic E-state index is 2.86. The van der Waals surface area contributed by atoms with Crippen molar-refractivity contribution < 1.29 is 0 Å². The summed E-state index contributed by atoms with van der Waals surface area (Å²) >= 11 is 7.50. The Morgan fingerprint density at radius 3 is 0.817 bits per heavy atom. The molecule has 21 rings (SSSR count). The van der Waals surface area contributed by atoms with Crippen molar-refractivity contribution >= 4 is 90.5 Å². The maximum Gasteiger partial charge on any atom is 0.0989 e. The monoisotopic (exact) mass is 1890 g/mol. The van der Waals surface area contributed by atoms with Gasteiger partial charge in [-0.05, 0) is 385 Å². The van der Waals surface area contributed by atoms with Gasteiger partial charge in [0.25, 0.3) is 0 Å². The van der Waals surface area contributed by atoms with Gasteiger partial charge in [0.15, 0.2) is 0 Å². The Bertz CT molecular complexity index is 3830. The van der Waals surface area contributed by atoms with Crippen LogP contribution >= 0.6 is 67.8 Å². The molecule has 12 saturated carbocycles. The van der Waals surface area contributed by atoms with Crippen LogP contribution in [0.1, 0.15) is 322 Å². The molecule has 0 N–H and O–H groups in total. The Morgan fingerprint density at radius 1 is 0.348 bits per heavy atom. The van der Waals surface area contributed by atoms with E-state index in [1.54, 1.807) is 77.0 Å². The van der Waals surface area contributed by atoms with Crippen LogP contribution < -0.4 is 19.6 Å². The Morgan fingerprint density at radius 2 is 0.591 bits per heavy atom. The van der Waals surface area contributed by atoms with Crippen molar-refractivity contribution in [1.29, 1.82) is 0 Å². The van der Waals surface area contributed by atoms with Crippen molar-refractivity contribution in [3.05, 3.63) is 198 Å². The lowest BCUT2D eigenvalue weighted by molar-refractivity contribution is -0.105. The van der Waals surface area contributed by atoms with Crippen LogP contribution in [0.15, 0.2) is 122 Å². The van der Waals surface area contributed by atoms with E-state index in [0.717, 1.165) is 76.7 Å². The predicted molar refractivity (Wildman–Crippen MR) is 523 cm³/mol. The zero-order valence-corrected chi connectivity index (χ0v) is 82.7. The van der Waals surface area contributed by atoms with Crippen LogP contribution in [0.2, 0.25) is 0 Å². The number of nitrogens with zero attached hydrogens (tertiary/aromatic N) is 8. The summed E-state index contributed by atoms with van der Waals surface area (Å²) < 4.78 is 3.45. The minimum absolute atomic E-state index is 0.233. The minimum Gasteiger partial charge on any atom is -0.354 e. The van der Waals surface area contributed by atoms with Gasteiger partial charge >= 0.3 is 0 Å². The number of hydrogen-bond acceptors (Lipinski definition) is 8. The molecule has 8 nitrogen and oxygen atoms in total. The lowest BCUT2D eigenvalue weighted by Crippen LogP contribution is -2.62. The summed E-state index contributed by atoms with van der Waals surface area (Å²) in [7, 11) is 0. The number of benzene rings is 5. The van der Waals surface area contributed by atoms with Gasteiger partial charge in [-0.2, -0.15) is 0 Å². The van der Waals surface area contributed by atoms with Gasteiger partial charge in [0.2, 0.25) is 0 Å². The third kappa shape index (κ3) is 21.1. The summed E-state index contributed by atoms with van der Waals surface area (Å²) in [5.74, 6) is 11.8. The fourth-order valence-electron chi connectivity index (χ4n) is 24.7. The van der Waals surface area contributed by atoms with E-state index >= 15 is 0 Å². The maximum atomic E-state index is 2.86. The molecule has 115 heavy (non-hydrogen) atoms. The van der Waals surface area contributed by atoms with Gasteiger partial charge in [0, 0.05) is 101 Å². The number of halogens is 3. The third-order valence-electron chi connectivity index (χ3n) is 28.7. The molecule has 630 valence electrons. The standard InChI is InChI=1S/C27H38N2.C23H34N2.C21H26N2.C11H22N2.C10H15I.C9H11I.C3H7I/c1-18(2)22-11-9-12-23(19(3)4)26(22)28-15-16-29(17-28)27-24(20(5)6)13-10-14-25(27)21(7)8;1-2-25(23-12-19-6-20(13-23)8-21(7-19)14-23)15-24(1)22-9-16-3-17(10-22)5-18(4-16)11-22;1-14-9-16(3)20(17(4)10-14)22-7-8-23(13-22)21-18(5)11-15(2)12-19(21)6;1-10(2,3)12-7-8-13(9-12)11(4,5)6;11-10-4-7-1-8(5-10)3-9(2-7)6-10;1-6-4-7(2)9(10)8(3)5-6;1-2-3-4/h9-16,18-21H,17H2,1-8H3;1-2,16-21H,3-15H2;7-12H,13H2,1-6H3;7-8H,9H2,1-6H3;7-9H,1-6H2;4-5H,1-3H3;2-3H2,1H3. The molecule has 5 aromatic rings. The Labute approximate surface area is 743 Å². The van der Waals surface area contributed by atoms with Crippen molar-refractivity contribution in [3.63, 3.8) is 0 Å². The van der Waals surface area contributed by atoms with Gasteiger partial charge in [-0.1, -0.05) is 197 Å². The molecule has 0 unspecified atom stereocenters. The Balaban J connectivity index is 0.000000131. The van der Waals surface area contributed by atoms with Crippen molar-refractivity contribution in [2.45, 2.75) is 337 Å². The molecule has 12 aliphatic carbocycles. The molecule has 5 aromatic carbocycles. The van der Waals surface area contributed by atoms with Crippen LogP contribution in [0, 0.1) is 119 Å². The Hall–Kier alpha value is -4.35. The molecule has 0 radical (unpaired) electrons. The molecule has 0 atom stereocenters. The average Bonchev–Trinajstić information content (AvgIpc) is 1.52. The molecular formula is C104H153I3N8. The van der Waals surface area contributed by atoms with Crippen molar-refractivity contribution in [3.8, 4) is 0 Å². The zero-order chi connectivity index (χ0) is 83.1. The summed E-state index contributed by atoms with van der Waals surface area (Å²) in [6, 6.07) is 27.1. The van der Waals surface area contributed by atoms with E-state index in [2.05, 4.69) is 396 Å². The number of alkyl halides is 2. The molecule has 0 aromatic heterocycles. The molecule has 4 heterocycles. The average molecular weight is 1900 g/mol. The van der Waals surface area contributed by atoms with Gasteiger partial charge < -0.3 is 39.2 Å². The molecule has 0 saturated heterocycles. The first-order chi connectivity index (χ1) is 54.2. The summed E-state index contributed by atoms with van der Waals surface area (Å²) in [5.41, 5.74) is 24.9. The first-order valence-corrected chi connectivity index (χ1v) is 49.2. The topological polar surface area (TPSA) is 25.9 Å². The lowest BCUT2D eigenvalue weighted by Gasteiger charge is -2.62. The van der Waals surface area contributed by atoms with Gasteiger partial charge in [-0.25, -0.2) is 0 Å². The molecule has 12 bridgehead atoms. The lowest BCUT2D eigenvalue weighted by atomic mass is 9.52. The molecule has 0 amide bonds. The van der Waals surface area contributed by atoms with E-state index in [1.807, 2.05) is 0 Å². The molecule has 12 fully saturated rings. The van der Waals surface area contributed by atoms with Crippen molar-refractivity contribution in [1.82, 2.24) is 19.6 Å². The first-order valence-electron chi connectivity index (χ1n) is 45.5. The van der Waals surface area contributed by atoms with Gasteiger partial charge in [0.05, 0.1) is 26.7 Å².